The molecule has 1 aromatic carbocycles. The SMILES string of the molecule is COc1ccc(OC)c(C=CCCN)c1. The summed E-state index contributed by atoms with van der Waals surface area (Å²) >= 11 is 0. The van der Waals surface area contributed by atoms with Gasteiger partial charge in [-0.3, -0.25) is 0 Å². The topological polar surface area (TPSA) is 44.5 Å². The Morgan fingerprint density at radius 1 is 1.27 bits per heavy atom. The van der Waals surface area contributed by atoms with Crippen molar-refractivity contribution in [1.82, 2.24) is 0 Å². The van der Waals surface area contributed by atoms with Gasteiger partial charge in [-0.2, -0.15) is 0 Å². The Hall–Kier alpha value is -1.48. The van der Waals surface area contributed by atoms with Crippen LogP contribution in [0, 0.1) is 0 Å². The molecule has 0 spiro atoms. The highest BCUT2D eigenvalue weighted by Gasteiger charge is 2.00. The Kier molecular flexibility index (Phi) is 4.71. The first-order valence-corrected chi connectivity index (χ1v) is 4.90. The van der Waals surface area contributed by atoms with Gasteiger partial charge in [0.25, 0.3) is 0 Å². The minimum absolute atomic E-state index is 0.656. The number of methoxy groups -OCH3 is 2. The molecule has 0 aromatic heterocycles. The molecule has 0 unspecified atom stereocenters. The summed E-state index contributed by atoms with van der Waals surface area (Å²) in [5.41, 5.74) is 6.42. The van der Waals surface area contributed by atoms with E-state index in [1.165, 1.54) is 0 Å². The zero-order valence-corrected chi connectivity index (χ0v) is 9.19. The molecule has 0 bridgehead atoms. The van der Waals surface area contributed by atoms with Crippen LogP contribution < -0.4 is 15.2 Å². The van der Waals surface area contributed by atoms with Crippen molar-refractivity contribution in [3.8, 4) is 11.5 Å². The van der Waals surface area contributed by atoms with Crippen molar-refractivity contribution in [2.24, 2.45) is 5.73 Å². The van der Waals surface area contributed by atoms with Gasteiger partial charge in [-0.25, -0.2) is 0 Å². The maximum Gasteiger partial charge on any atom is 0.126 e. The molecule has 82 valence electrons. The van der Waals surface area contributed by atoms with E-state index in [2.05, 4.69) is 0 Å². The van der Waals surface area contributed by atoms with E-state index in [1.54, 1.807) is 14.2 Å². The quantitative estimate of drug-likeness (QED) is 0.803. The highest BCUT2D eigenvalue weighted by molar-refractivity contribution is 5.59. The molecule has 0 aliphatic carbocycles. The second-order valence-electron chi connectivity index (χ2n) is 3.09. The Bertz CT molecular complexity index is 334. The van der Waals surface area contributed by atoms with Gasteiger partial charge < -0.3 is 15.2 Å². The van der Waals surface area contributed by atoms with Crippen molar-refractivity contribution < 1.29 is 9.47 Å². The molecule has 0 radical (unpaired) electrons. The van der Waals surface area contributed by atoms with Gasteiger partial charge in [0.1, 0.15) is 11.5 Å². The first-order valence-electron chi connectivity index (χ1n) is 4.90. The largest absolute Gasteiger partial charge is 0.497 e. The number of ether oxygens (including phenoxy) is 2. The van der Waals surface area contributed by atoms with E-state index in [0.717, 1.165) is 23.5 Å². The van der Waals surface area contributed by atoms with Crippen LogP contribution in [-0.4, -0.2) is 20.8 Å². The van der Waals surface area contributed by atoms with E-state index in [9.17, 15) is 0 Å². The molecule has 0 atom stereocenters. The molecule has 0 saturated heterocycles. The van der Waals surface area contributed by atoms with Crippen molar-refractivity contribution >= 4 is 6.08 Å². The van der Waals surface area contributed by atoms with Gasteiger partial charge in [0.05, 0.1) is 14.2 Å². The van der Waals surface area contributed by atoms with Crippen LogP contribution in [0.4, 0.5) is 0 Å². The summed E-state index contributed by atoms with van der Waals surface area (Å²) < 4.78 is 10.4. The molecule has 1 rings (SSSR count). The van der Waals surface area contributed by atoms with Gasteiger partial charge in [-0.15, -0.1) is 0 Å². The molecule has 15 heavy (non-hydrogen) atoms. The molecule has 0 heterocycles. The van der Waals surface area contributed by atoms with E-state index in [-0.39, 0.29) is 0 Å². The van der Waals surface area contributed by atoms with E-state index in [0.29, 0.717) is 6.54 Å². The zero-order chi connectivity index (χ0) is 11.1. The molecule has 0 amide bonds. The molecule has 1 aromatic rings. The lowest BCUT2D eigenvalue weighted by Crippen LogP contribution is -1.95. The molecule has 3 nitrogen and oxygen atoms in total. The second kappa shape index (κ2) is 6.09. The van der Waals surface area contributed by atoms with Gasteiger partial charge >= 0.3 is 0 Å². The van der Waals surface area contributed by atoms with Crippen LogP contribution in [0.1, 0.15) is 12.0 Å². The number of benzene rings is 1. The molecule has 2 N–H and O–H groups in total. The lowest BCUT2D eigenvalue weighted by molar-refractivity contribution is 0.402. The number of rotatable bonds is 5. The molecule has 0 aliphatic rings. The highest BCUT2D eigenvalue weighted by Crippen LogP contribution is 2.25. The Morgan fingerprint density at radius 2 is 2.07 bits per heavy atom. The molecule has 3 heteroatoms. The Balaban J connectivity index is 2.90. The summed E-state index contributed by atoms with van der Waals surface area (Å²) in [5.74, 6) is 1.66. The van der Waals surface area contributed by atoms with Crippen LogP contribution >= 0.6 is 0 Å². The van der Waals surface area contributed by atoms with Gasteiger partial charge in [0, 0.05) is 5.56 Å². The fourth-order valence-electron chi connectivity index (χ4n) is 1.28. The summed E-state index contributed by atoms with van der Waals surface area (Å²) in [6.45, 7) is 0.656. The smallest absolute Gasteiger partial charge is 0.126 e. The standard InChI is InChI=1S/C12H17NO2/c1-14-11-6-7-12(15-2)10(9-11)5-3-4-8-13/h3,5-7,9H,4,8,13H2,1-2H3. The van der Waals surface area contributed by atoms with Crippen LogP contribution in [0.15, 0.2) is 24.3 Å². The van der Waals surface area contributed by atoms with Gasteiger partial charge in [-0.05, 0) is 31.2 Å². The average Bonchev–Trinajstić information content (AvgIpc) is 2.29. The van der Waals surface area contributed by atoms with Crippen molar-refractivity contribution in [2.45, 2.75) is 6.42 Å². The van der Waals surface area contributed by atoms with Crippen LogP contribution in [0.3, 0.4) is 0 Å². The van der Waals surface area contributed by atoms with Crippen LogP contribution in [-0.2, 0) is 0 Å². The second-order valence-corrected chi connectivity index (χ2v) is 3.09. The van der Waals surface area contributed by atoms with Gasteiger partial charge in [0.2, 0.25) is 0 Å². The number of nitrogens with two attached hydrogens (primary N) is 1. The summed E-state index contributed by atoms with van der Waals surface area (Å²) in [6, 6.07) is 5.70. The zero-order valence-electron chi connectivity index (χ0n) is 9.19. The monoisotopic (exact) mass is 207 g/mol. The lowest BCUT2D eigenvalue weighted by atomic mass is 10.1. The average molecular weight is 207 g/mol. The van der Waals surface area contributed by atoms with E-state index < -0.39 is 0 Å². The first-order chi connectivity index (χ1) is 7.31. The lowest BCUT2D eigenvalue weighted by Gasteiger charge is -2.06. The predicted molar refractivity (Wildman–Crippen MR) is 62.3 cm³/mol. The van der Waals surface area contributed by atoms with E-state index >= 15 is 0 Å². The summed E-state index contributed by atoms with van der Waals surface area (Å²) in [5, 5.41) is 0. The molecule has 0 fully saturated rings. The van der Waals surface area contributed by atoms with Crippen molar-refractivity contribution in [3.63, 3.8) is 0 Å². The molecular weight excluding hydrogens is 190 g/mol. The van der Waals surface area contributed by atoms with E-state index in [4.69, 9.17) is 15.2 Å². The first kappa shape index (κ1) is 11.6. The van der Waals surface area contributed by atoms with Crippen LogP contribution in [0.5, 0.6) is 11.5 Å². The van der Waals surface area contributed by atoms with Crippen molar-refractivity contribution in [2.75, 3.05) is 20.8 Å². The maximum atomic E-state index is 5.41. The minimum atomic E-state index is 0.656. The Morgan fingerprint density at radius 3 is 2.67 bits per heavy atom. The highest BCUT2D eigenvalue weighted by atomic mass is 16.5. The Labute approximate surface area is 90.5 Å². The number of hydrogen-bond acceptors (Lipinski definition) is 3. The van der Waals surface area contributed by atoms with Crippen LogP contribution in [0.25, 0.3) is 6.08 Å². The van der Waals surface area contributed by atoms with E-state index in [1.807, 2.05) is 30.4 Å². The summed E-state index contributed by atoms with van der Waals surface area (Å²) in [6.07, 6.45) is 4.88. The summed E-state index contributed by atoms with van der Waals surface area (Å²) in [4.78, 5) is 0. The molecule has 0 saturated carbocycles. The van der Waals surface area contributed by atoms with Gasteiger partial charge in [0.15, 0.2) is 0 Å². The van der Waals surface area contributed by atoms with Gasteiger partial charge in [-0.1, -0.05) is 12.2 Å². The fourth-order valence-corrected chi connectivity index (χ4v) is 1.28. The maximum absolute atomic E-state index is 5.41. The molecular formula is C12H17NO2. The predicted octanol–water partition coefficient (Wildman–Crippen LogP) is 2.07. The third kappa shape index (κ3) is 3.29. The van der Waals surface area contributed by atoms with Crippen molar-refractivity contribution in [3.05, 3.63) is 29.8 Å². The molecule has 0 aliphatic heterocycles. The minimum Gasteiger partial charge on any atom is -0.497 e. The van der Waals surface area contributed by atoms with Crippen LogP contribution in [0.2, 0.25) is 0 Å². The normalized spacial score (nSPS) is 10.6. The summed E-state index contributed by atoms with van der Waals surface area (Å²) in [7, 11) is 3.30. The van der Waals surface area contributed by atoms with Crippen molar-refractivity contribution in [1.29, 1.82) is 0 Å². The third-order valence-electron chi connectivity index (χ3n) is 2.07. The third-order valence-corrected chi connectivity index (χ3v) is 2.07. The fraction of sp³-hybridized carbons (Fsp3) is 0.333. The number of hydrogen-bond donors (Lipinski definition) is 1.